The summed E-state index contributed by atoms with van der Waals surface area (Å²) in [5, 5.41) is 10.0. The van der Waals surface area contributed by atoms with Gasteiger partial charge >= 0.3 is 0 Å². The number of hydrogen-bond acceptors (Lipinski definition) is 1. The van der Waals surface area contributed by atoms with Crippen LogP contribution in [0.4, 0.5) is 17.1 Å². The topological polar surface area (TPSA) is 3.24 Å². The van der Waals surface area contributed by atoms with Crippen LogP contribution < -0.4 is 4.90 Å². The van der Waals surface area contributed by atoms with Crippen molar-refractivity contribution in [1.82, 2.24) is 0 Å². The quantitative estimate of drug-likeness (QED) is 0.147. The molecule has 0 heterocycles. The van der Waals surface area contributed by atoms with Crippen LogP contribution in [0.15, 0.2) is 237 Å². The Balaban J connectivity index is 1.09. The number of hydrogen-bond donors (Lipinski definition) is 0. The van der Waals surface area contributed by atoms with Crippen molar-refractivity contribution in [3.05, 3.63) is 237 Å². The third kappa shape index (κ3) is 6.40. The van der Waals surface area contributed by atoms with Crippen LogP contribution in [-0.4, -0.2) is 0 Å². The smallest absolute Gasteiger partial charge is 0.0546 e. The summed E-state index contributed by atoms with van der Waals surface area (Å²) in [5.74, 6) is 0. The largest absolute Gasteiger partial charge is 0.310 e. The van der Waals surface area contributed by atoms with E-state index in [9.17, 15) is 0 Å². The standard InChI is InChI=1S/C58H39N/c1-2-13-43(14-3-1)57-35-31-48(47-26-24-40-12-4-5-17-45(40)36-47)39-58(57)59(52-20-10-19-49(38-52)55-23-11-18-42-15-6-8-21-53(42)55)51-32-28-41(29-33-51)46-30-34-56-50(37-46)27-25-44-16-7-9-22-54(44)56/h1-39H. The minimum absolute atomic E-state index is 1.09. The lowest BCUT2D eigenvalue weighted by Gasteiger charge is -2.29. The second kappa shape index (κ2) is 14.6. The highest BCUT2D eigenvalue weighted by Gasteiger charge is 2.20. The minimum Gasteiger partial charge on any atom is -0.310 e. The fourth-order valence-corrected chi connectivity index (χ4v) is 8.84. The normalized spacial score (nSPS) is 11.4. The van der Waals surface area contributed by atoms with Crippen LogP contribution in [-0.2, 0) is 0 Å². The second-order valence-electron chi connectivity index (χ2n) is 15.3. The molecule has 0 bridgehead atoms. The maximum atomic E-state index is 2.44. The molecular formula is C58H39N. The molecule has 0 aromatic heterocycles. The predicted molar refractivity (Wildman–Crippen MR) is 253 cm³/mol. The van der Waals surface area contributed by atoms with E-state index in [0.29, 0.717) is 0 Å². The number of rotatable bonds is 7. The summed E-state index contributed by atoms with van der Waals surface area (Å²) in [6.45, 7) is 0. The average molecular weight is 750 g/mol. The third-order valence-electron chi connectivity index (χ3n) is 11.8. The van der Waals surface area contributed by atoms with Gasteiger partial charge in [-0.25, -0.2) is 0 Å². The molecule has 0 aliphatic carbocycles. The monoisotopic (exact) mass is 749 g/mol. The number of fused-ring (bicyclic) bond motifs is 5. The molecule has 0 saturated carbocycles. The summed E-state index contributed by atoms with van der Waals surface area (Å²) < 4.78 is 0. The van der Waals surface area contributed by atoms with Crippen molar-refractivity contribution in [2.75, 3.05) is 4.90 Å². The van der Waals surface area contributed by atoms with E-state index in [1.807, 2.05) is 0 Å². The molecule has 59 heavy (non-hydrogen) atoms. The molecule has 0 spiro atoms. The van der Waals surface area contributed by atoms with Crippen LogP contribution in [0.1, 0.15) is 0 Å². The molecule has 0 fully saturated rings. The van der Waals surface area contributed by atoms with Crippen LogP contribution in [0.5, 0.6) is 0 Å². The number of anilines is 3. The molecule has 276 valence electrons. The Morgan fingerprint density at radius 1 is 0.220 bits per heavy atom. The third-order valence-corrected chi connectivity index (χ3v) is 11.8. The van der Waals surface area contributed by atoms with Crippen molar-refractivity contribution in [3.63, 3.8) is 0 Å². The zero-order valence-corrected chi connectivity index (χ0v) is 32.5. The van der Waals surface area contributed by atoms with Gasteiger partial charge in [-0.05, 0) is 124 Å². The highest BCUT2D eigenvalue weighted by Crippen LogP contribution is 2.45. The van der Waals surface area contributed by atoms with E-state index in [-0.39, 0.29) is 0 Å². The summed E-state index contributed by atoms with van der Waals surface area (Å²) in [6.07, 6.45) is 0. The van der Waals surface area contributed by atoms with E-state index in [1.54, 1.807) is 0 Å². The van der Waals surface area contributed by atoms with Gasteiger partial charge in [0.25, 0.3) is 0 Å². The first-order chi connectivity index (χ1) is 29.2. The van der Waals surface area contributed by atoms with E-state index < -0.39 is 0 Å². The fraction of sp³-hybridized carbons (Fsp3) is 0. The highest BCUT2D eigenvalue weighted by molar-refractivity contribution is 6.08. The molecule has 1 heteroatoms. The lowest BCUT2D eigenvalue weighted by Crippen LogP contribution is -2.11. The number of benzene rings is 11. The molecular weight excluding hydrogens is 711 g/mol. The molecule has 0 aliphatic rings. The van der Waals surface area contributed by atoms with Crippen LogP contribution in [0.3, 0.4) is 0 Å². The van der Waals surface area contributed by atoms with Gasteiger partial charge in [0, 0.05) is 16.9 Å². The van der Waals surface area contributed by atoms with Crippen LogP contribution in [0, 0.1) is 0 Å². The van der Waals surface area contributed by atoms with Gasteiger partial charge in [0.05, 0.1) is 5.69 Å². The minimum atomic E-state index is 1.09. The summed E-state index contributed by atoms with van der Waals surface area (Å²) >= 11 is 0. The van der Waals surface area contributed by atoms with Gasteiger partial charge in [0.2, 0.25) is 0 Å². The molecule has 11 aromatic rings. The van der Waals surface area contributed by atoms with E-state index in [4.69, 9.17) is 0 Å². The second-order valence-corrected chi connectivity index (χ2v) is 15.3. The van der Waals surface area contributed by atoms with Crippen molar-refractivity contribution >= 4 is 60.2 Å². The van der Waals surface area contributed by atoms with Gasteiger partial charge in [-0.15, -0.1) is 0 Å². The summed E-state index contributed by atoms with van der Waals surface area (Å²) in [5.41, 5.74) is 12.8. The molecule has 1 nitrogen and oxygen atoms in total. The Labute approximate surface area is 344 Å². The van der Waals surface area contributed by atoms with Crippen molar-refractivity contribution in [1.29, 1.82) is 0 Å². The lowest BCUT2D eigenvalue weighted by atomic mass is 9.94. The first kappa shape index (κ1) is 34.5. The van der Waals surface area contributed by atoms with Crippen LogP contribution in [0.25, 0.3) is 87.6 Å². The van der Waals surface area contributed by atoms with Gasteiger partial charge in [0.1, 0.15) is 0 Å². The maximum absolute atomic E-state index is 2.44. The van der Waals surface area contributed by atoms with Crippen LogP contribution in [0.2, 0.25) is 0 Å². The summed E-state index contributed by atoms with van der Waals surface area (Å²) in [6, 6.07) is 86.4. The van der Waals surface area contributed by atoms with Crippen molar-refractivity contribution < 1.29 is 0 Å². The molecule has 0 atom stereocenters. The molecule has 0 amide bonds. The van der Waals surface area contributed by atoms with Gasteiger partial charge in [-0.2, -0.15) is 0 Å². The van der Waals surface area contributed by atoms with Gasteiger partial charge in [0.15, 0.2) is 0 Å². The van der Waals surface area contributed by atoms with Gasteiger partial charge < -0.3 is 4.90 Å². The van der Waals surface area contributed by atoms with Crippen molar-refractivity contribution in [2.45, 2.75) is 0 Å². The SMILES string of the molecule is c1ccc(-c2ccc(-c3ccc4ccccc4c3)cc2N(c2ccc(-c3ccc4c(ccc5ccccc54)c3)cc2)c2cccc(-c3cccc4ccccc34)c2)cc1. The molecule has 11 aromatic carbocycles. The van der Waals surface area contributed by atoms with Gasteiger partial charge in [-0.1, -0.05) is 194 Å². The zero-order chi connectivity index (χ0) is 39.1. The fourth-order valence-electron chi connectivity index (χ4n) is 8.84. The van der Waals surface area contributed by atoms with Crippen LogP contribution >= 0.6 is 0 Å². The van der Waals surface area contributed by atoms with Crippen molar-refractivity contribution in [2.24, 2.45) is 0 Å². The summed E-state index contributed by atoms with van der Waals surface area (Å²) in [4.78, 5) is 2.44. The molecule has 11 rings (SSSR count). The molecule has 0 N–H and O–H groups in total. The predicted octanol–water partition coefficient (Wildman–Crippen LogP) is 16.4. The van der Waals surface area contributed by atoms with E-state index in [0.717, 1.165) is 22.6 Å². The average Bonchev–Trinajstić information content (AvgIpc) is 3.31. The Morgan fingerprint density at radius 2 is 0.763 bits per heavy atom. The van der Waals surface area contributed by atoms with E-state index >= 15 is 0 Å². The van der Waals surface area contributed by atoms with E-state index in [2.05, 4.69) is 241 Å². The Hall–Kier alpha value is -7.74. The molecule has 0 unspecified atom stereocenters. The Morgan fingerprint density at radius 3 is 1.61 bits per heavy atom. The molecule has 0 aliphatic heterocycles. The lowest BCUT2D eigenvalue weighted by molar-refractivity contribution is 1.28. The maximum Gasteiger partial charge on any atom is 0.0546 e. The van der Waals surface area contributed by atoms with Gasteiger partial charge in [-0.3, -0.25) is 0 Å². The van der Waals surface area contributed by atoms with E-state index in [1.165, 1.54) is 82.0 Å². The zero-order valence-electron chi connectivity index (χ0n) is 32.5. The van der Waals surface area contributed by atoms with Crippen molar-refractivity contribution in [3.8, 4) is 44.5 Å². The highest BCUT2D eigenvalue weighted by atomic mass is 15.1. The Kier molecular flexibility index (Phi) is 8.56. The molecule has 0 radical (unpaired) electrons. The Bertz CT molecular complexity index is 3320. The first-order valence-corrected chi connectivity index (χ1v) is 20.3. The molecule has 0 saturated heterocycles. The number of nitrogens with zero attached hydrogens (tertiary/aromatic N) is 1. The first-order valence-electron chi connectivity index (χ1n) is 20.3. The summed E-state index contributed by atoms with van der Waals surface area (Å²) in [7, 11) is 0.